The van der Waals surface area contributed by atoms with E-state index in [4.69, 9.17) is 18.9 Å². The molecule has 0 aliphatic rings. The minimum atomic E-state index is 0.244. The van der Waals surface area contributed by atoms with Gasteiger partial charge in [-0.15, -0.1) is 0 Å². The summed E-state index contributed by atoms with van der Waals surface area (Å²) in [5.74, 6) is 0.531. The predicted molar refractivity (Wildman–Crippen MR) is 112 cm³/mol. The Morgan fingerprint density at radius 2 is 1.30 bits per heavy atom. The van der Waals surface area contributed by atoms with Gasteiger partial charge in [-0.3, -0.25) is 0 Å². The highest BCUT2D eigenvalue weighted by atomic mass is 16.5. The second-order valence-corrected chi connectivity index (χ2v) is 7.31. The van der Waals surface area contributed by atoms with Crippen molar-refractivity contribution in [2.24, 2.45) is 5.92 Å². The summed E-state index contributed by atoms with van der Waals surface area (Å²) in [5, 5.41) is 0. The summed E-state index contributed by atoms with van der Waals surface area (Å²) in [6, 6.07) is 8.41. The molecule has 0 radical (unpaired) electrons. The summed E-state index contributed by atoms with van der Waals surface area (Å²) in [6.07, 6.45) is 3.87. The molecule has 4 nitrogen and oxygen atoms in total. The lowest BCUT2D eigenvalue weighted by atomic mass is 10.0. The molecule has 0 atom stereocenters. The van der Waals surface area contributed by atoms with Crippen LogP contribution in [0.1, 0.15) is 52.7 Å². The number of hydrogen-bond acceptors (Lipinski definition) is 4. The molecule has 0 fully saturated rings. The van der Waals surface area contributed by atoms with E-state index in [-0.39, 0.29) is 6.10 Å². The zero-order chi connectivity index (χ0) is 20.1. The molecule has 1 rings (SSSR count). The lowest BCUT2D eigenvalue weighted by molar-refractivity contribution is 0.00884. The van der Waals surface area contributed by atoms with Crippen LogP contribution in [0.3, 0.4) is 0 Å². The summed E-state index contributed by atoms with van der Waals surface area (Å²) < 4.78 is 22.0. The van der Waals surface area contributed by atoms with Crippen LogP contribution in [0.2, 0.25) is 0 Å². The van der Waals surface area contributed by atoms with Gasteiger partial charge in [-0.1, -0.05) is 38.1 Å². The molecule has 0 amide bonds. The van der Waals surface area contributed by atoms with Gasteiger partial charge in [0, 0.05) is 0 Å². The molecule has 0 spiro atoms. The highest BCUT2D eigenvalue weighted by Gasteiger charge is 2.00. The van der Waals surface area contributed by atoms with Gasteiger partial charge in [-0.2, -0.15) is 0 Å². The van der Waals surface area contributed by atoms with E-state index in [1.54, 1.807) is 6.26 Å². The maximum atomic E-state index is 5.59. The molecule has 152 valence electrons. The first-order valence-corrected chi connectivity index (χ1v) is 9.77. The van der Waals surface area contributed by atoms with Crippen molar-refractivity contribution in [3.8, 4) is 0 Å². The molecule has 0 saturated heterocycles. The number of rotatable bonds is 13. The Hall–Kier alpha value is -1.78. The van der Waals surface area contributed by atoms with E-state index in [0.29, 0.717) is 32.3 Å². The van der Waals surface area contributed by atoms with Crippen LogP contribution in [0.25, 0.3) is 11.1 Å². The standard InChI is InChI=1S/C23H36O4/c1-18(2)15-26-17-21(6)23-9-7-22(8-10-23)20(5)16-25-12-11-24-13-14-27-19(3)4/h7-10,16-19H,11-15H2,1-6H3. The maximum absolute atomic E-state index is 5.59. The van der Waals surface area contributed by atoms with Crippen molar-refractivity contribution < 1.29 is 18.9 Å². The topological polar surface area (TPSA) is 36.9 Å². The molecule has 0 aliphatic heterocycles. The monoisotopic (exact) mass is 376 g/mol. The van der Waals surface area contributed by atoms with Crippen molar-refractivity contribution in [1.82, 2.24) is 0 Å². The van der Waals surface area contributed by atoms with Crippen LogP contribution in [-0.4, -0.2) is 39.1 Å². The Balaban J connectivity index is 2.36. The first kappa shape index (κ1) is 23.3. The van der Waals surface area contributed by atoms with Crippen molar-refractivity contribution in [1.29, 1.82) is 0 Å². The fourth-order valence-electron chi connectivity index (χ4n) is 2.23. The van der Waals surface area contributed by atoms with Crippen molar-refractivity contribution in [3.63, 3.8) is 0 Å². The summed E-state index contributed by atoms with van der Waals surface area (Å²) in [4.78, 5) is 0. The van der Waals surface area contributed by atoms with Crippen LogP contribution in [0.5, 0.6) is 0 Å². The number of allylic oxidation sites excluding steroid dienone is 2. The summed E-state index contributed by atoms with van der Waals surface area (Å²) in [5.41, 5.74) is 4.51. The lowest BCUT2D eigenvalue weighted by Crippen LogP contribution is -2.11. The molecule has 0 saturated carbocycles. The van der Waals surface area contributed by atoms with Crippen LogP contribution >= 0.6 is 0 Å². The Labute approximate surface area is 165 Å². The van der Waals surface area contributed by atoms with Crippen LogP contribution in [0.4, 0.5) is 0 Å². The van der Waals surface area contributed by atoms with Crippen LogP contribution in [-0.2, 0) is 18.9 Å². The van der Waals surface area contributed by atoms with Gasteiger partial charge in [-0.05, 0) is 55.9 Å². The molecule has 4 heteroatoms. The van der Waals surface area contributed by atoms with Gasteiger partial charge in [0.15, 0.2) is 0 Å². The van der Waals surface area contributed by atoms with E-state index < -0.39 is 0 Å². The normalized spacial score (nSPS) is 12.7. The number of ether oxygens (including phenoxy) is 4. The van der Waals surface area contributed by atoms with Gasteiger partial charge in [0.05, 0.1) is 45.1 Å². The highest BCUT2D eigenvalue weighted by Crippen LogP contribution is 2.19. The molecular formula is C23H36O4. The zero-order valence-electron chi connectivity index (χ0n) is 17.8. The molecule has 1 aromatic carbocycles. The Morgan fingerprint density at radius 3 is 1.81 bits per heavy atom. The van der Waals surface area contributed by atoms with Crippen LogP contribution < -0.4 is 0 Å². The molecule has 0 N–H and O–H groups in total. The second kappa shape index (κ2) is 13.4. The molecule has 0 bridgehead atoms. The zero-order valence-corrected chi connectivity index (χ0v) is 17.8. The second-order valence-electron chi connectivity index (χ2n) is 7.31. The Bertz CT molecular complexity index is 571. The van der Waals surface area contributed by atoms with Crippen molar-refractivity contribution >= 4 is 11.1 Å². The van der Waals surface area contributed by atoms with Crippen molar-refractivity contribution in [2.75, 3.05) is 33.0 Å². The molecule has 0 aromatic heterocycles. The molecule has 0 aliphatic carbocycles. The van der Waals surface area contributed by atoms with Gasteiger partial charge in [0.1, 0.15) is 6.61 Å². The largest absolute Gasteiger partial charge is 0.501 e. The third-order valence-corrected chi connectivity index (χ3v) is 3.77. The van der Waals surface area contributed by atoms with Crippen LogP contribution in [0.15, 0.2) is 36.8 Å². The molecule has 27 heavy (non-hydrogen) atoms. The Morgan fingerprint density at radius 1 is 0.778 bits per heavy atom. The lowest BCUT2D eigenvalue weighted by Gasteiger charge is -2.09. The predicted octanol–water partition coefficient (Wildman–Crippen LogP) is 5.54. The minimum absolute atomic E-state index is 0.244. The highest BCUT2D eigenvalue weighted by molar-refractivity contribution is 5.68. The quantitative estimate of drug-likeness (QED) is 0.335. The van der Waals surface area contributed by atoms with Gasteiger partial charge in [-0.25, -0.2) is 0 Å². The van der Waals surface area contributed by atoms with Gasteiger partial charge in [0.25, 0.3) is 0 Å². The SMILES string of the molecule is CC(=COCCOCCOC(C)C)c1ccc(C(C)=COCC(C)C)cc1. The summed E-state index contributed by atoms with van der Waals surface area (Å²) in [7, 11) is 0. The van der Waals surface area contributed by atoms with E-state index in [1.165, 1.54) is 0 Å². The molecule has 0 unspecified atom stereocenters. The fourth-order valence-corrected chi connectivity index (χ4v) is 2.23. The third-order valence-electron chi connectivity index (χ3n) is 3.77. The molecular weight excluding hydrogens is 340 g/mol. The molecule has 1 aromatic rings. The van der Waals surface area contributed by atoms with Gasteiger partial charge >= 0.3 is 0 Å². The van der Waals surface area contributed by atoms with Gasteiger partial charge < -0.3 is 18.9 Å². The average molecular weight is 377 g/mol. The Kier molecular flexibility index (Phi) is 11.5. The first-order chi connectivity index (χ1) is 12.9. The van der Waals surface area contributed by atoms with Crippen molar-refractivity contribution in [2.45, 2.75) is 47.6 Å². The number of benzene rings is 1. The first-order valence-electron chi connectivity index (χ1n) is 9.77. The van der Waals surface area contributed by atoms with Gasteiger partial charge in [0.2, 0.25) is 0 Å². The minimum Gasteiger partial charge on any atom is -0.501 e. The van der Waals surface area contributed by atoms with E-state index in [1.807, 2.05) is 27.0 Å². The molecule has 0 heterocycles. The van der Waals surface area contributed by atoms with Crippen LogP contribution in [0, 0.1) is 5.92 Å². The average Bonchev–Trinajstić information content (AvgIpc) is 2.63. The third kappa shape index (κ3) is 10.8. The smallest absolute Gasteiger partial charge is 0.111 e. The summed E-state index contributed by atoms with van der Waals surface area (Å²) >= 11 is 0. The van der Waals surface area contributed by atoms with E-state index in [9.17, 15) is 0 Å². The maximum Gasteiger partial charge on any atom is 0.111 e. The van der Waals surface area contributed by atoms with E-state index >= 15 is 0 Å². The number of hydrogen-bond donors (Lipinski definition) is 0. The van der Waals surface area contributed by atoms with E-state index in [0.717, 1.165) is 28.9 Å². The summed E-state index contributed by atoms with van der Waals surface area (Å²) in [6.45, 7) is 15.5. The van der Waals surface area contributed by atoms with Crippen molar-refractivity contribution in [3.05, 3.63) is 47.9 Å². The fraction of sp³-hybridized carbons (Fsp3) is 0.565. The van der Waals surface area contributed by atoms with E-state index in [2.05, 4.69) is 45.0 Å².